The first-order chi connectivity index (χ1) is 7.87. The van der Waals surface area contributed by atoms with Gasteiger partial charge >= 0.3 is 0 Å². The molecule has 0 fully saturated rings. The third-order valence-corrected chi connectivity index (χ3v) is 3.07. The Morgan fingerprint density at radius 3 is 2.72 bits per heavy atom. The zero-order chi connectivity index (χ0) is 12.6. The normalized spacial score (nSPS) is 11.0. The van der Waals surface area contributed by atoms with Crippen LogP contribution in [0.5, 0.6) is 0 Å². The molecule has 0 saturated carbocycles. The SMILES string of the molecule is CS(=O)(=O)NC(=O)c1n[nH]c2ccc(Br)cc12.Cl. The number of halogens is 2. The van der Waals surface area contributed by atoms with Gasteiger partial charge in [-0.2, -0.15) is 5.10 Å². The summed E-state index contributed by atoms with van der Waals surface area (Å²) in [5, 5.41) is 7.01. The zero-order valence-electron chi connectivity index (χ0n) is 9.10. The second-order valence-electron chi connectivity index (χ2n) is 3.47. The van der Waals surface area contributed by atoms with Crippen LogP contribution in [0.3, 0.4) is 0 Å². The average Bonchev–Trinajstić information content (AvgIpc) is 2.57. The maximum absolute atomic E-state index is 11.7. The van der Waals surface area contributed by atoms with Crippen molar-refractivity contribution in [2.45, 2.75) is 0 Å². The molecule has 0 spiro atoms. The zero-order valence-corrected chi connectivity index (χ0v) is 12.3. The number of carbonyl (C=O) groups is 1. The van der Waals surface area contributed by atoms with Crippen LogP contribution < -0.4 is 4.72 Å². The Bertz CT molecular complexity index is 698. The topological polar surface area (TPSA) is 91.9 Å². The maximum Gasteiger partial charge on any atom is 0.285 e. The second-order valence-corrected chi connectivity index (χ2v) is 6.13. The lowest BCUT2D eigenvalue weighted by molar-refractivity contribution is 0.0978. The molecular weight excluding hydrogens is 346 g/mol. The van der Waals surface area contributed by atoms with Crippen molar-refractivity contribution in [2.24, 2.45) is 0 Å². The van der Waals surface area contributed by atoms with E-state index in [0.717, 1.165) is 10.7 Å². The van der Waals surface area contributed by atoms with Crippen LogP contribution in [-0.4, -0.2) is 30.8 Å². The second kappa shape index (κ2) is 5.25. The summed E-state index contributed by atoms with van der Waals surface area (Å²) in [5.41, 5.74) is 0.707. The summed E-state index contributed by atoms with van der Waals surface area (Å²) >= 11 is 3.27. The highest BCUT2D eigenvalue weighted by Gasteiger charge is 2.17. The molecule has 1 aromatic heterocycles. The number of rotatable bonds is 2. The number of H-pyrrole nitrogens is 1. The van der Waals surface area contributed by atoms with Gasteiger partial charge in [-0.05, 0) is 18.2 Å². The smallest absolute Gasteiger partial charge is 0.277 e. The van der Waals surface area contributed by atoms with Gasteiger partial charge in [0.2, 0.25) is 10.0 Å². The number of nitrogens with zero attached hydrogens (tertiary/aromatic N) is 1. The van der Waals surface area contributed by atoms with E-state index in [-0.39, 0.29) is 18.1 Å². The molecule has 2 rings (SSSR count). The largest absolute Gasteiger partial charge is 0.285 e. The van der Waals surface area contributed by atoms with E-state index in [1.165, 1.54) is 0 Å². The Hall–Kier alpha value is -1.12. The number of amides is 1. The standard InChI is InChI=1S/C9H8BrN3O3S.ClH/c1-17(15,16)13-9(14)8-6-4-5(10)2-3-7(6)11-12-8;/h2-4H,1H3,(H,11,12)(H,13,14);1H. The van der Waals surface area contributed by atoms with E-state index in [1.807, 2.05) is 4.72 Å². The summed E-state index contributed by atoms with van der Waals surface area (Å²) in [4.78, 5) is 11.7. The number of benzene rings is 1. The molecule has 2 N–H and O–H groups in total. The van der Waals surface area contributed by atoms with Crippen molar-refractivity contribution in [3.8, 4) is 0 Å². The summed E-state index contributed by atoms with van der Waals surface area (Å²) in [7, 11) is -3.59. The first kappa shape index (κ1) is 14.9. The lowest BCUT2D eigenvalue weighted by atomic mass is 10.2. The van der Waals surface area contributed by atoms with Crippen molar-refractivity contribution in [1.29, 1.82) is 0 Å². The molecule has 0 aliphatic carbocycles. The summed E-state index contributed by atoms with van der Waals surface area (Å²) in [5.74, 6) is -0.753. The van der Waals surface area contributed by atoms with E-state index in [2.05, 4.69) is 26.1 Å². The lowest BCUT2D eigenvalue weighted by Crippen LogP contribution is -2.29. The minimum atomic E-state index is -3.59. The Balaban J connectivity index is 0.00000162. The average molecular weight is 355 g/mol. The van der Waals surface area contributed by atoms with Gasteiger partial charge in [0.1, 0.15) is 0 Å². The van der Waals surface area contributed by atoms with E-state index >= 15 is 0 Å². The highest BCUT2D eigenvalue weighted by molar-refractivity contribution is 9.10. The van der Waals surface area contributed by atoms with Gasteiger partial charge < -0.3 is 0 Å². The monoisotopic (exact) mass is 353 g/mol. The van der Waals surface area contributed by atoms with Crippen molar-refractivity contribution in [1.82, 2.24) is 14.9 Å². The van der Waals surface area contributed by atoms with Crippen LogP contribution in [0.2, 0.25) is 0 Å². The van der Waals surface area contributed by atoms with Gasteiger partial charge in [-0.1, -0.05) is 15.9 Å². The molecule has 0 aliphatic rings. The predicted octanol–water partition coefficient (Wildman–Crippen LogP) is 1.44. The lowest BCUT2D eigenvalue weighted by Gasteiger charge is -1.99. The quantitative estimate of drug-likeness (QED) is 0.853. The van der Waals surface area contributed by atoms with Crippen LogP contribution in [0.1, 0.15) is 10.5 Å². The van der Waals surface area contributed by atoms with Gasteiger partial charge in [-0.15, -0.1) is 12.4 Å². The van der Waals surface area contributed by atoms with E-state index < -0.39 is 15.9 Å². The van der Waals surface area contributed by atoms with Gasteiger partial charge in [-0.25, -0.2) is 13.1 Å². The Morgan fingerprint density at radius 2 is 2.11 bits per heavy atom. The van der Waals surface area contributed by atoms with Gasteiger partial charge in [0.25, 0.3) is 5.91 Å². The van der Waals surface area contributed by atoms with Crippen molar-refractivity contribution in [2.75, 3.05) is 6.26 Å². The number of carbonyl (C=O) groups excluding carboxylic acids is 1. The van der Waals surface area contributed by atoms with Crippen molar-refractivity contribution in [3.63, 3.8) is 0 Å². The number of hydrogen-bond donors (Lipinski definition) is 2. The Kier molecular flexibility index (Phi) is 4.36. The van der Waals surface area contributed by atoms with Gasteiger partial charge in [0.05, 0.1) is 11.8 Å². The molecule has 0 aliphatic heterocycles. The summed E-state index contributed by atoms with van der Waals surface area (Å²) in [6, 6.07) is 5.22. The fraction of sp³-hybridized carbons (Fsp3) is 0.111. The highest BCUT2D eigenvalue weighted by Crippen LogP contribution is 2.20. The third kappa shape index (κ3) is 3.21. The minimum absolute atomic E-state index is 0. The van der Waals surface area contributed by atoms with Gasteiger partial charge in [0.15, 0.2) is 5.69 Å². The number of hydrogen-bond acceptors (Lipinski definition) is 4. The van der Waals surface area contributed by atoms with Crippen LogP contribution >= 0.6 is 28.3 Å². The molecule has 0 saturated heterocycles. The number of aromatic nitrogens is 2. The molecule has 9 heteroatoms. The molecule has 0 atom stereocenters. The molecule has 98 valence electrons. The Labute approximate surface area is 118 Å². The first-order valence-corrected chi connectivity index (χ1v) is 7.21. The minimum Gasteiger partial charge on any atom is -0.277 e. The molecule has 0 bridgehead atoms. The van der Waals surface area contributed by atoms with Crippen molar-refractivity contribution < 1.29 is 13.2 Å². The number of sulfonamides is 1. The Morgan fingerprint density at radius 1 is 1.44 bits per heavy atom. The first-order valence-electron chi connectivity index (χ1n) is 4.52. The van der Waals surface area contributed by atoms with Crippen LogP contribution in [0.15, 0.2) is 22.7 Å². The molecule has 0 unspecified atom stereocenters. The summed E-state index contributed by atoms with van der Waals surface area (Å²) in [6.45, 7) is 0. The molecule has 2 aromatic rings. The molecule has 18 heavy (non-hydrogen) atoms. The number of nitrogens with one attached hydrogen (secondary N) is 2. The molecule has 1 heterocycles. The molecule has 1 amide bonds. The number of fused-ring (bicyclic) bond motifs is 1. The molecular formula is C9H9BrClN3O3S. The summed E-state index contributed by atoms with van der Waals surface area (Å²) in [6.07, 6.45) is 0.912. The van der Waals surface area contributed by atoms with Crippen LogP contribution in [-0.2, 0) is 10.0 Å². The van der Waals surface area contributed by atoms with Crippen LogP contribution in [0.4, 0.5) is 0 Å². The predicted molar refractivity (Wildman–Crippen MR) is 73.4 cm³/mol. The van der Waals surface area contributed by atoms with Crippen LogP contribution in [0, 0.1) is 0 Å². The van der Waals surface area contributed by atoms with E-state index in [4.69, 9.17) is 0 Å². The molecule has 0 radical (unpaired) electrons. The fourth-order valence-electron chi connectivity index (χ4n) is 1.38. The maximum atomic E-state index is 11.7. The summed E-state index contributed by atoms with van der Waals surface area (Å²) < 4.78 is 24.6. The van der Waals surface area contributed by atoms with Gasteiger partial charge in [-0.3, -0.25) is 9.89 Å². The fourth-order valence-corrected chi connectivity index (χ4v) is 2.17. The van der Waals surface area contributed by atoms with Crippen molar-refractivity contribution in [3.05, 3.63) is 28.4 Å². The highest BCUT2D eigenvalue weighted by atomic mass is 79.9. The van der Waals surface area contributed by atoms with Crippen molar-refractivity contribution >= 4 is 55.2 Å². The van der Waals surface area contributed by atoms with E-state index in [1.54, 1.807) is 18.2 Å². The van der Waals surface area contributed by atoms with Gasteiger partial charge in [0, 0.05) is 9.86 Å². The molecule has 6 nitrogen and oxygen atoms in total. The third-order valence-electron chi connectivity index (χ3n) is 2.02. The van der Waals surface area contributed by atoms with E-state index in [0.29, 0.717) is 10.9 Å². The van der Waals surface area contributed by atoms with Crippen LogP contribution in [0.25, 0.3) is 10.9 Å². The number of aromatic amines is 1. The van der Waals surface area contributed by atoms with E-state index in [9.17, 15) is 13.2 Å². The molecule has 1 aromatic carbocycles.